The van der Waals surface area contributed by atoms with Gasteiger partial charge in [-0.05, 0) is 21.5 Å². The van der Waals surface area contributed by atoms with Crippen LogP contribution in [0.2, 0.25) is 10.1 Å². The van der Waals surface area contributed by atoms with Gasteiger partial charge in [0.15, 0.2) is 0 Å². The smallest absolute Gasteiger partial charge is 0.417 e. The normalized spacial score (nSPS) is 13.1. The molecule has 0 aliphatic rings. The van der Waals surface area contributed by atoms with Gasteiger partial charge in [-0.15, -0.1) is 11.8 Å². The lowest BCUT2D eigenvalue weighted by atomic mass is 10.1. The minimum absolute atomic E-state index is 0.0136. The van der Waals surface area contributed by atoms with Gasteiger partial charge in [-0.2, -0.15) is 13.2 Å². The summed E-state index contributed by atoms with van der Waals surface area (Å²) < 4.78 is 55.3. The van der Waals surface area contributed by atoms with Gasteiger partial charge < -0.3 is 14.1 Å². The maximum Gasteiger partial charge on any atom is 0.417 e. The number of benzene rings is 3. The van der Waals surface area contributed by atoms with Crippen LogP contribution in [0.5, 0.6) is 5.88 Å². The van der Waals surface area contributed by atoms with Gasteiger partial charge in [-0.25, -0.2) is 9.78 Å². The second-order valence-corrected chi connectivity index (χ2v) is 17.2. The van der Waals surface area contributed by atoms with E-state index in [-0.39, 0.29) is 39.1 Å². The molecule has 0 spiro atoms. The van der Waals surface area contributed by atoms with E-state index in [1.165, 1.54) is 18.6 Å². The molecule has 46 heavy (non-hydrogen) atoms. The Kier molecular flexibility index (Phi) is 9.77. The average molecular weight is 687 g/mol. The zero-order valence-electron chi connectivity index (χ0n) is 25.0. The zero-order valence-corrected chi connectivity index (χ0v) is 27.6. The number of H-pyrrole nitrogens is 2. The van der Waals surface area contributed by atoms with Crippen LogP contribution in [0.1, 0.15) is 26.3 Å². The average Bonchev–Trinajstić information content (AvgIpc) is 3.01. The van der Waals surface area contributed by atoms with Gasteiger partial charge in [0, 0.05) is 18.1 Å². The molecule has 8 nitrogen and oxygen atoms in total. The highest BCUT2D eigenvalue weighted by Gasteiger charge is 2.50. The number of aromatic nitrogens is 4. The van der Waals surface area contributed by atoms with Crippen LogP contribution in [0.3, 0.4) is 0 Å². The first-order chi connectivity index (χ1) is 21.8. The molecule has 3 aromatic carbocycles. The molecule has 2 aromatic heterocycles. The Morgan fingerprint density at radius 3 is 2.13 bits per heavy atom. The summed E-state index contributed by atoms with van der Waals surface area (Å²) in [5.41, 5.74) is -3.15. The van der Waals surface area contributed by atoms with E-state index in [1.54, 1.807) is 0 Å². The summed E-state index contributed by atoms with van der Waals surface area (Å²) in [5, 5.41) is 0.707. The first-order valence-corrected chi connectivity index (χ1v) is 17.4. The summed E-state index contributed by atoms with van der Waals surface area (Å²) >= 11 is 7.24. The van der Waals surface area contributed by atoms with E-state index < -0.39 is 42.4 Å². The predicted molar refractivity (Wildman–Crippen MR) is 176 cm³/mol. The number of aromatic amines is 2. The Labute approximate surface area is 272 Å². The van der Waals surface area contributed by atoms with E-state index in [9.17, 15) is 22.8 Å². The highest BCUT2D eigenvalue weighted by atomic mass is 35.5. The molecule has 0 saturated heterocycles. The van der Waals surface area contributed by atoms with Crippen LogP contribution in [0.25, 0.3) is 10.9 Å². The van der Waals surface area contributed by atoms with Crippen LogP contribution < -0.4 is 26.4 Å². The van der Waals surface area contributed by atoms with E-state index >= 15 is 0 Å². The second-order valence-electron chi connectivity index (χ2n) is 11.5. The van der Waals surface area contributed by atoms with Crippen LogP contribution >= 0.6 is 23.4 Å². The monoisotopic (exact) mass is 686 g/mol. The molecule has 0 aliphatic heterocycles. The Hall–Kier alpha value is -3.91. The molecule has 240 valence electrons. The van der Waals surface area contributed by atoms with Crippen molar-refractivity contribution >= 4 is 53.0 Å². The van der Waals surface area contributed by atoms with Crippen molar-refractivity contribution in [3.8, 4) is 5.88 Å². The molecule has 0 amide bonds. The fourth-order valence-electron chi connectivity index (χ4n) is 5.38. The van der Waals surface area contributed by atoms with Crippen molar-refractivity contribution in [2.75, 3.05) is 12.4 Å². The minimum atomic E-state index is -4.86. The molecule has 2 heterocycles. The minimum Gasteiger partial charge on any atom is -0.470 e. The van der Waals surface area contributed by atoms with Crippen LogP contribution in [0.15, 0.2) is 99.8 Å². The Bertz CT molecular complexity index is 1880. The van der Waals surface area contributed by atoms with Gasteiger partial charge in [0.2, 0.25) is 5.88 Å². The van der Waals surface area contributed by atoms with Crippen molar-refractivity contribution in [1.82, 2.24) is 19.9 Å². The summed E-state index contributed by atoms with van der Waals surface area (Å²) in [7, 11) is -3.03. The lowest BCUT2D eigenvalue weighted by Gasteiger charge is -2.43. The molecule has 5 aromatic rings. The molecule has 0 saturated carbocycles. The molecule has 5 rings (SSSR count). The number of halogens is 4. The lowest BCUT2D eigenvalue weighted by Crippen LogP contribution is -2.67. The van der Waals surface area contributed by atoms with Crippen LogP contribution in [-0.4, -0.2) is 46.7 Å². The van der Waals surface area contributed by atoms with Gasteiger partial charge in [-0.3, -0.25) is 14.8 Å². The number of hydrogen-bond donors (Lipinski definition) is 2. The summed E-state index contributed by atoms with van der Waals surface area (Å²) in [6.45, 7) is 6.38. The fourth-order valence-corrected chi connectivity index (χ4v) is 11.5. The van der Waals surface area contributed by atoms with Crippen molar-refractivity contribution in [3.05, 3.63) is 117 Å². The Morgan fingerprint density at radius 2 is 1.59 bits per heavy atom. The van der Waals surface area contributed by atoms with Crippen molar-refractivity contribution in [1.29, 1.82) is 0 Å². The Balaban J connectivity index is 1.57. The number of rotatable bonds is 10. The molecule has 2 N–H and O–H groups in total. The number of alkyl halides is 3. The van der Waals surface area contributed by atoms with E-state index in [0.29, 0.717) is 6.07 Å². The van der Waals surface area contributed by atoms with Gasteiger partial charge >= 0.3 is 11.9 Å². The first kappa shape index (κ1) is 33.5. The maximum atomic E-state index is 14.0. The van der Waals surface area contributed by atoms with Gasteiger partial charge in [-0.1, -0.05) is 93.0 Å². The number of nitrogens with one attached hydrogen (secondary N) is 2. The highest BCUT2D eigenvalue weighted by molar-refractivity contribution is 7.99. The third-order valence-corrected chi connectivity index (χ3v) is 14.1. The molecule has 1 unspecified atom stereocenters. The van der Waals surface area contributed by atoms with Crippen LogP contribution in [-0.2, 0) is 10.6 Å². The molecule has 14 heteroatoms. The summed E-state index contributed by atoms with van der Waals surface area (Å²) in [4.78, 5) is 37.3. The van der Waals surface area contributed by atoms with E-state index in [0.717, 1.165) is 22.1 Å². The van der Waals surface area contributed by atoms with Gasteiger partial charge in [0.1, 0.15) is 6.10 Å². The van der Waals surface area contributed by atoms with Crippen LogP contribution in [0.4, 0.5) is 13.2 Å². The number of fused-ring (bicyclic) bond motifs is 1. The topological polar surface area (TPSA) is 110 Å². The summed E-state index contributed by atoms with van der Waals surface area (Å²) in [6.07, 6.45) is -1.28. The van der Waals surface area contributed by atoms with Crippen molar-refractivity contribution in [3.63, 3.8) is 0 Å². The Morgan fingerprint density at radius 1 is 0.957 bits per heavy atom. The molecular formula is C32H30ClF3N4O4SSi. The highest BCUT2D eigenvalue weighted by Crippen LogP contribution is 2.43. The number of hydrogen-bond acceptors (Lipinski definition) is 7. The van der Waals surface area contributed by atoms with Crippen molar-refractivity contribution in [2.24, 2.45) is 0 Å². The fraction of sp³-hybridized carbons (Fsp3) is 0.250. The van der Waals surface area contributed by atoms with E-state index in [4.69, 9.17) is 20.8 Å². The number of ether oxygens (including phenoxy) is 1. The van der Waals surface area contributed by atoms with Gasteiger partial charge in [0.05, 0.1) is 39.2 Å². The van der Waals surface area contributed by atoms with Gasteiger partial charge in [0.25, 0.3) is 13.9 Å². The van der Waals surface area contributed by atoms with Crippen molar-refractivity contribution < 1.29 is 22.3 Å². The number of thioether (sulfide) groups is 1. The standard InChI is InChI=1S/C32H30ClF3N4O4SSi/c1-31(2,3)46(21-10-6-4-7-11-21,22-12-8-5-9-13-22)43-18-20(44-25-17-37-14-15-38-25)19-45-28-26(33)24(32(34,35)36)16-23-27(28)39-30(42)40-29(23)41/h4-17,20H,18-19H2,1-3H3,(H2,39,40,41,42). The molecule has 0 fully saturated rings. The molecule has 1 atom stereocenters. The van der Waals surface area contributed by atoms with Crippen LogP contribution in [0, 0.1) is 0 Å². The predicted octanol–water partition coefficient (Wildman–Crippen LogP) is 5.79. The third-order valence-electron chi connectivity index (χ3n) is 7.38. The van der Waals surface area contributed by atoms with Crippen molar-refractivity contribution in [2.45, 2.75) is 43.0 Å². The maximum absolute atomic E-state index is 14.0. The zero-order chi connectivity index (χ0) is 33.1. The lowest BCUT2D eigenvalue weighted by molar-refractivity contribution is -0.137. The number of nitrogens with zero attached hydrogens (tertiary/aromatic N) is 2. The quantitative estimate of drug-likeness (QED) is 0.141. The summed E-state index contributed by atoms with van der Waals surface area (Å²) in [6, 6.07) is 20.5. The second kappa shape index (κ2) is 13.4. The molecule has 0 radical (unpaired) electrons. The summed E-state index contributed by atoms with van der Waals surface area (Å²) in [5.74, 6) is 0.198. The first-order valence-electron chi connectivity index (χ1n) is 14.2. The van der Waals surface area contributed by atoms with E-state index in [2.05, 4.69) is 35.7 Å². The van der Waals surface area contributed by atoms with E-state index in [1.807, 2.05) is 65.6 Å². The molecule has 0 aliphatic carbocycles. The largest absolute Gasteiger partial charge is 0.470 e. The third kappa shape index (κ3) is 6.92. The SMILES string of the molecule is CC(C)(C)[Si](OCC(CSc1c(Cl)c(C(F)(F)F)cc2c(=O)[nH]c(=O)[nH]c12)Oc1cnccn1)(c1ccccc1)c1ccccc1. The molecular weight excluding hydrogens is 657 g/mol. The molecule has 0 bridgehead atoms.